The van der Waals surface area contributed by atoms with Crippen LogP contribution in [0.1, 0.15) is 110 Å². The molecular weight excluding hydrogens is 879 g/mol. The molecule has 71 heavy (non-hydrogen) atoms. The van der Waals surface area contributed by atoms with Gasteiger partial charge >= 0.3 is 0 Å². The molecule has 1 spiro atoms. The largest absolute Gasteiger partial charge is 0.508 e. The lowest BCUT2D eigenvalue weighted by Crippen LogP contribution is -2.33. The van der Waals surface area contributed by atoms with Crippen molar-refractivity contribution < 1.29 is 25.2 Å². The summed E-state index contributed by atoms with van der Waals surface area (Å²) in [6, 6.07) is 52.6. The van der Waals surface area contributed by atoms with E-state index in [1.807, 2.05) is 36.4 Å². The average Bonchev–Trinajstić information content (AvgIpc) is 4.06. The number of aliphatic hydroxyl groups is 2. The Morgan fingerprint density at radius 1 is 0.479 bits per heavy atom. The Morgan fingerprint density at radius 2 is 0.958 bits per heavy atom. The third-order valence-electron chi connectivity index (χ3n) is 14.7. The van der Waals surface area contributed by atoms with Gasteiger partial charge in [0.1, 0.15) is 23.9 Å². The van der Waals surface area contributed by atoms with Crippen LogP contribution in [0.3, 0.4) is 0 Å². The number of aliphatic hydroxyl groups excluding tert-OH is 2. The minimum absolute atomic E-state index is 0.143. The smallest absolute Gasteiger partial charge is 0.119 e. The third kappa shape index (κ3) is 14.5. The Hall–Kier alpha value is -6.16. The molecule has 8 heteroatoms. The number of likely N-dealkylation sites (tertiary alicyclic amines) is 2. The highest BCUT2D eigenvalue weighted by molar-refractivity contribution is 6.00. The van der Waals surface area contributed by atoms with Crippen LogP contribution >= 0.6 is 0 Å². The van der Waals surface area contributed by atoms with Crippen molar-refractivity contribution in [3.8, 4) is 17.2 Å². The first kappa shape index (κ1) is 51.2. The minimum atomic E-state index is 0.143. The lowest BCUT2D eigenvalue weighted by molar-refractivity contribution is 0.213. The lowest BCUT2D eigenvalue weighted by Gasteiger charge is -2.26. The number of allylic oxidation sites excluding steroid dienone is 2. The van der Waals surface area contributed by atoms with Crippen LogP contribution in [0.25, 0.3) is 22.3 Å². The average molecular weight is 954 g/mol. The molecule has 5 N–H and O–H groups in total. The molecule has 6 aromatic rings. The second-order valence-corrected chi connectivity index (χ2v) is 19.7. The number of hydrogen-bond acceptors (Lipinski definition) is 8. The summed E-state index contributed by atoms with van der Waals surface area (Å²) in [5.41, 5.74) is 13.0. The van der Waals surface area contributed by atoms with Crippen LogP contribution in [0.4, 0.5) is 5.69 Å². The van der Waals surface area contributed by atoms with Crippen LogP contribution in [-0.4, -0.2) is 95.9 Å². The number of benzene rings is 6. The van der Waals surface area contributed by atoms with Crippen molar-refractivity contribution in [1.82, 2.24) is 9.80 Å². The molecule has 372 valence electrons. The SMILES string of the molecule is OCCC/C(=C(\c1ccc(O)cc1)c1ccc(NCCN2CCCCC2)cc1)c1ccccc1.OCCC/C(=C(\c1ccc(O)cc1)c1ccc(OCCN2CCC3(CCCC3)C2)cc1)c1ccccc1. The molecule has 1 saturated carbocycles. The zero-order valence-corrected chi connectivity index (χ0v) is 41.7. The maximum atomic E-state index is 9.89. The number of phenolic OH excluding ortho intramolecular Hbond substituents is 2. The van der Waals surface area contributed by atoms with Crippen molar-refractivity contribution in [2.45, 2.75) is 77.0 Å². The molecule has 3 aliphatic rings. The summed E-state index contributed by atoms with van der Waals surface area (Å²) >= 11 is 0. The number of nitrogens with zero attached hydrogens (tertiary/aromatic N) is 2. The maximum absolute atomic E-state index is 9.89. The first-order valence-corrected chi connectivity index (χ1v) is 26.3. The zero-order chi connectivity index (χ0) is 49.1. The van der Waals surface area contributed by atoms with Gasteiger partial charge in [-0.15, -0.1) is 0 Å². The van der Waals surface area contributed by atoms with Crippen molar-refractivity contribution in [3.05, 3.63) is 191 Å². The Morgan fingerprint density at radius 3 is 1.45 bits per heavy atom. The van der Waals surface area contributed by atoms with E-state index in [2.05, 4.69) is 112 Å². The first-order chi connectivity index (χ1) is 34.9. The monoisotopic (exact) mass is 954 g/mol. The summed E-state index contributed by atoms with van der Waals surface area (Å²) in [5.74, 6) is 1.40. The van der Waals surface area contributed by atoms with Gasteiger partial charge in [0, 0.05) is 45.1 Å². The highest BCUT2D eigenvalue weighted by atomic mass is 16.5. The molecule has 0 unspecified atom stereocenters. The minimum Gasteiger partial charge on any atom is -0.508 e. The highest BCUT2D eigenvalue weighted by Gasteiger charge is 2.39. The number of nitrogens with one attached hydrogen (secondary N) is 1. The highest BCUT2D eigenvalue weighted by Crippen LogP contribution is 2.45. The van der Waals surface area contributed by atoms with Gasteiger partial charge in [-0.25, -0.2) is 0 Å². The fourth-order valence-electron chi connectivity index (χ4n) is 11.0. The Bertz CT molecular complexity index is 2560. The predicted octanol–water partition coefficient (Wildman–Crippen LogP) is 12.8. The van der Waals surface area contributed by atoms with E-state index in [0.29, 0.717) is 24.9 Å². The Kier molecular flexibility index (Phi) is 19.0. The van der Waals surface area contributed by atoms with Crippen LogP contribution in [0.2, 0.25) is 0 Å². The Balaban J connectivity index is 0.000000191. The number of ether oxygens (including phenoxy) is 1. The van der Waals surface area contributed by atoms with E-state index in [0.717, 1.165) is 88.4 Å². The van der Waals surface area contributed by atoms with Crippen molar-refractivity contribution in [2.75, 3.05) is 71.0 Å². The molecule has 3 fully saturated rings. The zero-order valence-electron chi connectivity index (χ0n) is 41.7. The summed E-state index contributed by atoms with van der Waals surface area (Å²) in [4.78, 5) is 5.13. The molecule has 9 rings (SSSR count). The van der Waals surface area contributed by atoms with Gasteiger partial charge in [0.25, 0.3) is 0 Å². The maximum Gasteiger partial charge on any atom is 0.119 e. The predicted molar refractivity (Wildman–Crippen MR) is 293 cm³/mol. The van der Waals surface area contributed by atoms with E-state index in [1.165, 1.54) is 88.7 Å². The van der Waals surface area contributed by atoms with Crippen LogP contribution in [-0.2, 0) is 0 Å². The molecule has 2 saturated heterocycles. The first-order valence-electron chi connectivity index (χ1n) is 26.3. The summed E-state index contributed by atoms with van der Waals surface area (Å²) in [5, 5.41) is 42.5. The number of phenols is 2. The number of hydrogen-bond donors (Lipinski definition) is 5. The summed E-state index contributed by atoms with van der Waals surface area (Å²) in [6.45, 7) is 8.92. The van der Waals surface area contributed by atoms with Gasteiger partial charge in [-0.2, -0.15) is 0 Å². The lowest BCUT2D eigenvalue weighted by atomic mass is 9.86. The van der Waals surface area contributed by atoms with Crippen molar-refractivity contribution in [3.63, 3.8) is 0 Å². The second-order valence-electron chi connectivity index (χ2n) is 19.7. The van der Waals surface area contributed by atoms with Gasteiger partial charge in [0.15, 0.2) is 0 Å². The van der Waals surface area contributed by atoms with Crippen LogP contribution in [0.5, 0.6) is 17.2 Å². The fraction of sp³-hybridized carbons (Fsp3) is 0.365. The number of piperidine rings is 1. The molecule has 0 atom stereocenters. The van der Waals surface area contributed by atoms with E-state index in [4.69, 9.17) is 4.74 Å². The Labute approximate surface area is 423 Å². The molecule has 0 radical (unpaired) electrons. The van der Waals surface area contributed by atoms with Gasteiger partial charge in [-0.05, 0) is 187 Å². The van der Waals surface area contributed by atoms with E-state index < -0.39 is 0 Å². The molecule has 2 aliphatic heterocycles. The van der Waals surface area contributed by atoms with Crippen molar-refractivity contribution in [2.24, 2.45) is 5.41 Å². The summed E-state index contributed by atoms with van der Waals surface area (Å²) in [7, 11) is 0. The molecule has 1 aliphatic carbocycles. The molecule has 0 bridgehead atoms. The van der Waals surface area contributed by atoms with E-state index >= 15 is 0 Å². The van der Waals surface area contributed by atoms with Gasteiger partial charge in [-0.1, -0.05) is 128 Å². The normalized spacial score (nSPS) is 16.5. The van der Waals surface area contributed by atoms with Crippen molar-refractivity contribution in [1.29, 1.82) is 0 Å². The third-order valence-corrected chi connectivity index (χ3v) is 14.7. The van der Waals surface area contributed by atoms with Crippen molar-refractivity contribution >= 4 is 28.0 Å². The van der Waals surface area contributed by atoms with Crippen LogP contribution in [0.15, 0.2) is 158 Å². The topological polar surface area (TPSA) is 109 Å². The number of anilines is 1. The van der Waals surface area contributed by atoms with Gasteiger partial charge in [0.2, 0.25) is 0 Å². The van der Waals surface area contributed by atoms with Crippen LogP contribution in [0, 0.1) is 5.41 Å². The number of aromatic hydroxyl groups is 2. The number of rotatable bonds is 20. The summed E-state index contributed by atoms with van der Waals surface area (Å²) < 4.78 is 6.16. The standard InChI is InChI=1S/C33H39NO3.C30H36N2O2/c35-23-6-9-31(26-7-2-1-3-8-26)32(27-10-14-29(36)15-11-27)28-12-16-30(17-13-28)37-24-22-34-21-20-33(25-34)18-4-5-19-33;33-23-7-10-29(24-8-3-1-4-9-24)30(26-13-17-28(34)18-14-26)25-11-15-27(16-12-25)31-19-22-32-20-5-2-6-21-32/h1-3,7-8,10-17,35-36H,4-6,9,18-25H2;1,3-4,8-9,11-18,31,33-34H,2,5-7,10,19-23H2/b32-31-;30-29+. The van der Waals surface area contributed by atoms with Gasteiger partial charge in [-0.3, -0.25) is 4.90 Å². The molecule has 2 heterocycles. The fourth-order valence-corrected chi connectivity index (χ4v) is 11.0. The molecule has 0 amide bonds. The quantitative estimate of drug-likeness (QED) is 0.0482. The second kappa shape index (κ2) is 26.3. The molecule has 6 aromatic carbocycles. The van der Waals surface area contributed by atoms with Crippen LogP contribution < -0.4 is 10.1 Å². The van der Waals surface area contributed by atoms with Gasteiger partial charge < -0.3 is 35.4 Å². The van der Waals surface area contributed by atoms with E-state index in [9.17, 15) is 20.4 Å². The molecular formula is C63H75N3O5. The molecule has 0 aromatic heterocycles. The van der Waals surface area contributed by atoms with Gasteiger partial charge in [0.05, 0.1) is 0 Å². The van der Waals surface area contributed by atoms with E-state index in [1.54, 1.807) is 24.3 Å². The molecule has 8 nitrogen and oxygen atoms in total. The van der Waals surface area contributed by atoms with E-state index in [-0.39, 0.29) is 24.7 Å². The summed E-state index contributed by atoms with van der Waals surface area (Å²) in [6.07, 6.45) is 13.9.